The number of esters is 1. The molecule has 1 heterocycles. The molecule has 3 aromatic rings. The quantitative estimate of drug-likeness (QED) is 0.442. The summed E-state index contributed by atoms with van der Waals surface area (Å²) in [5.74, 6) is -0.0571. The molecule has 0 saturated carbocycles. The lowest BCUT2D eigenvalue weighted by Crippen LogP contribution is -2.08. The molecule has 1 aliphatic carbocycles. The normalized spacial score (nSPS) is 13.8. The minimum Gasteiger partial charge on any atom is -0.497 e. The number of hydrogen-bond acceptors (Lipinski definition) is 5. The topological polar surface area (TPSA) is 77.8 Å². The maximum atomic E-state index is 12.7. The molecule has 1 aromatic heterocycles. The van der Waals surface area contributed by atoms with Crippen molar-refractivity contribution in [2.24, 2.45) is 0 Å². The first kappa shape index (κ1) is 22.1. The largest absolute Gasteiger partial charge is 0.497 e. The average molecular weight is 443 g/mol. The highest BCUT2D eigenvalue weighted by atomic mass is 16.5. The summed E-state index contributed by atoms with van der Waals surface area (Å²) >= 11 is 0. The summed E-state index contributed by atoms with van der Waals surface area (Å²) in [6.07, 6.45) is 5.48. The zero-order valence-corrected chi connectivity index (χ0v) is 18.8. The fourth-order valence-corrected chi connectivity index (χ4v) is 4.12. The minimum atomic E-state index is -0.565. The Kier molecular flexibility index (Phi) is 6.18. The van der Waals surface area contributed by atoms with E-state index >= 15 is 0 Å². The summed E-state index contributed by atoms with van der Waals surface area (Å²) in [6, 6.07) is 15.2. The molecule has 0 saturated heterocycles. The van der Waals surface area contributed by atoms with E-state index in [-0.39, 0.29) is 22.8 Å². The third-order valence-electron chi connectivity index (χ3n) is 5.92. The van der Waals surface area contributed by atoms with Crippen molar-refractivity contribution in [3.05, 3.63) is 88.1 Å². The number of allylic oxidation sites excluding steroid dienone is 2. The van der Waals surface area contributed by atoms with Gasteiger partial charge in [0.1, 0.15) is 5.75 Å². The number of carbonyl (C=O) groups is 2. The van der Waals surface area contributed by atoms with E-state index in [2.05, 4.69) is 0 Å². The Balaban J connectivity index is 1.76. The maximum Gasteiger partial charge on any atom is 0.340 e. The van der Waals surface area contributed by atoms with Gasteiger partial charge >= 0.3 is 5.97 Å². The number of aromatic hydroxyl groups is 1. The van der Waals surface area contributed by atoms with Crippen molar-refractivity contribution in [1.82, 2.24) is 4.57 Å². The van der Waals surface area contributed by atoms with E-state index < -0.39 is 5.97 Å². The molecular weight excluding hydrogens is 418 g/mol. The van der Waals surface area contributed by atoms with Crippen LogP contribution in [0.2, 0.25) is 0 Å². The van der Waals surface area contributed by atoms with Crippen LogP contribution in [0, 0.1) is 6.92 Å². The number of aromatic nitrogens is 1. The number of methoxy groups -OCH3 is 2. The summed E-state index contributed by atoms with van der Waals surface area (Å²) in [5.41, 5.74) is 4.23. The molecule has 4 rings (SSSR count). The fourth-order valence-electron chi connectivity index (χ4n) is 4.12. The summed E-state index contributed by atoms with van der Waals surface area (Å²) in [7, 11) is 2.92. The summed E-state index contributed by atoms with van der Waals surface area (Å²) in [5, 5.41) is 11.1. The van der Waals surface area contributed by atoms with Gasteiger partial charge in [-0.3, -0.25) is 4.79 Å². The Morgan fingerprint density at radius 3 is 2.48 bits per heavy atom. The van der Waals surface area contributed by atoms with Crippen LogP contribution in [0.15, 0.2) is 54.6 Å². The van der Waals surface area contributed by atoms with E-state index in [9.17, 15) is 14.7 Å². The smallest absolute Gasteiger partial charge is 0.340 e. The van der Waals surface area contributed by atoms with E-state index in [0.29, 0.717) is 24.2 Å². The molecule has 0 amide bonds. The monoisotopic (exact) mass is 443 g/mol. The Bertz CT molecular complexity index is 1280. The maximum absolute atomic E-state index is 12.7. The van der Waals surface area contributed by atoms with Gasteiger partial charge in [0.05, 0.1) is 25.3 Å². The second-order valence-corrected chi connectivity index (χ2v) is 7.78. The standard InChI is InChI=1S/C27H25NO5/c1-17-25(27(31)33-3)23(16-22-21-7-5-4-6-19(21)10-13-24(22)29)26(30)28(17)15-14-18-8-11-20(32-2)12-9-18/h4-13,16,30H,14-15H2,1-3H3. The van der Waals surface area contributed by atoms with Crippen molar-refractivity contribution < 1.29 is 24.2 Å². The lowest BCUT2D eigenvalue weighted by atomic mass is 9.90. The van der Waals surface area contributed by atoms with Gasteiger partial charge in [-0.15, -0.1) is 0 Å². The molecule has 6 heteroatoms. The Morgan fingerprint density at radius 2 is 1.79 bits per heavy atom. The molecule has 0 radical (unpaired) electrons. The Morgan fingerprint density at radius 1 is 1.06 bits per heavy atom. The van der Waals surface area contributed by atoms with Crippen molar-refractivity contribution >= 4 is 29.5 Å². The zero-order valence-electron chi connectivity index (χ0n) is 18.8. The van der Waals surface area contributed by atoms with Crippen LogP contribution in [0.3, 0.4) is 0 Å². The van der Waals surface area contributed by atoms with E-state index in [1.165, 1.54) is 13.2 Å². The SMILES string of the molecule is COC(=O)c1c(C=C2C(=O)C=Cc3ccccc32)c(O)n(CCc2ccc(OC)cc2)c1C. The number of hydrogen-bond donors (Lipinski definition) is 1. The number of rotatable bonds is 6. The van der Waals surface area contributed by atoms with Crippen LogP contribution in [-0.4, -0.2) is 35.6 Å². The first-order valence-electron chi connectivity index (χ1n) is 10.6. The minimum absolute atomic E-state index is 0.0752. The van der Waals surface area contributed by atoms with Gasteiger partial charge < -0.3 is 19.1 Å². The summed E-state index contributed by atoms with van der Waals surface area (Å²) < 4.78 is 11.9. The number of ketones is 1. The van der Waals surface area contributed by atoms with Crippen molar-refractivity contribution in [2.75, 3.05) is 14.2 Å². The van der Waals surface area contributed by atoms with Crippen molar-refractivity contribution in [3.63, 3.8) is 0 Å². The van der Waals surface area contributed by atoms with Gasteiger partial charge in [0, 0.05) is 17.8 Å². The highest BCUT2D eigenvalue weighted by molar-refractivity contribution is 6.33. The molecule has 0 fully saturated rings. The molecule has 0 unspecified atom stereocenters. The molecule has 0 bridgehead atoms. The Labute approximate surface area is 192 Å². The van der Waals surface area contributed by atoms with Gasteiger partial charge in [-0.05, 0) is 54.3 Å². The molecule has 0 spiro atoms. The average Bonchev–Trinajstić information content (AvgIpc) is 3.08. The third-order valence-corrected chi connectivity index (χ3v) is 5.92. The number of benzene rings is 2. The van der Waals surface area contributed by atoms with Crippen LogP contribution < -0.4 is 4.74 Å². The molecule has 0 aliphatic heterocycles. The molecule has 33 heavy (non-hydrogen) atoms. The lowest BCUT2D eigenvalue weighted by molar-refractivity contribution is -0.109. The summed E-state index contributed by atoms with van der Waals surface area (Å²) in [6.45, 7) is 2.21. The van der Waals surface area contributed by atoms with Crippen molar-refractivity contribution in [1.29, 1.82) is 0 Å². The van der Waals surface area contributed by atoms with Gasteiger partial charge in [-0.2, -0.15) is 0 Å². The van der Waals surface area contributed by atoms with Gasteiger partial charge in [0.25, 0.3) is 0 Å². The van der Waals surface area contributed by atoms with Crippen LogP contribution in [-0.2, 0) is 22.5 Å². The first-order chi connectivity index (χ1) is 15.9. The number of ether oxygens (including phenoxy) is 2. The van der Waals surface area contributed by atoms with Gasteiger partial charge in [-0.1, -0.05) is 42.5 Å². The predicted octanol–water partition coefficient (Wildman–Crippen LogP) is 4.68. The first-order valence-corrected chi connectivity index (χ1v) is 10.6. The third kappa shape index (κ3) is 4.20. The second-order valence-electron chi connectivity index (χ2n) is 7.78. The predicted molar refractivity (Wildman–Crippen MR) is 127 cm³/mol. The van der Waals surface area contributed by atoms with E-state index in [1.54, 1.807) is 30.8 Å². The Hall–Kier alpha value is -4.06. The van der Waals surface area contributed by atoms with Crippen LogP contribution in [0.1, 0.15) is 38.3 Å². The van der Waals surface area contributed by atoms with Crippen LogP contribution in [0.4, 0.5) is 0 Å². The second kappa shape index (κ2) is 9.20. The highest BCUT2D eigenvalue weighted by Gasteiger charge is 2.26. The van der Waals surface area contributed by atoms with Gasteiger partial charge in [0.2, 0.25) is 0 Å². The van der Waals surface area contributed by atoms with Crippen LogP contribution >= 0.6 is 0 Å². The molecule has 1 N–H and O–H groups in total. The van der Waals surface area contributed by atoms with Gasteiger partial charge in [-0.25, -0.2) is 4.79 Å². The van der Waals surface area contributed by atoms with Crippen LogP contribution in [0.25, 0.3) is 17.7 Å². The van der Waals surface area contributed by atoms with Gasteiger partial charge in [0.15, 0.2) is 11.7 Å². The summed E-state index contributed by atoms with van der Waals surface area (Å²) in [4.78, 5) is 25.4. The molecule has 6 nitrogen and oxygen atoms in total. The van der Waals surface area contributed by atoms with Crippen molar-refractivity contribution in [3.8, 4) is 11.6 Å². The van der Waals surface area contributed by atoms with E-state index in [1.807, 2.05) is 48.5 Å². The molecular formula is C27H25NO5. The zero-order chi connectivity index (χ0) is 23.5. The number of aryl methyl sites for hydroxylation is 1. The highest BCUT2D eigenvalue weighted by Crippen LogP contribution is 2.35. The number of nitrogens with zero attached hydrogens (tertiary/aromatic N) is 1. The number of fused-ring (bicyclic) bond motifs is 1. The number of carbonyl (C=O) groups excluding carboxylic acids is 2. The molecule has 168 valence electrons. The van der Waals surface area contributed by atoms with Crippen molar-refractivity contribution in [2.45, 2.75) is 19.9 Å². The molecule has 2 aromatic carbocycles. The molecule has 0 atom stereocenters. The fraction of sp³-hybridized carbons (Fsp3) is 0.185. The molecule has 1 aliphatic rings. The lowest BCUT2D eigenvalue weighted by Gasteiger charge is -2.13. The van der Waals surface area contributed by atoms with Crippen LogP contribution in [0.5, 0.6) is 11.6 Å². The van der Waals surface area contributed by atoms with E-state index in [0.717, 1.165) is 22.4 Å². The van der Waals surface area contributed by atoms with E-state index in [4.69, 9.17) is 9.47 Å².